The molecule has 0 spiro atoms. The quantitative estimate of drug-likeness (QED) is 0.238. The number of nitrogens with one attached hydrogen (secondary N) is 2. The Kier molecular flexibility index (Phi) is 10.2. The van der Waals surface area contributed by atoms with Crippen molar-refractivity contribution >= 4 is 41.3 Å². The fourth-order valence-electron chi connectivity index (χ4n) is 2.71. The van der Waals surface area contributed by atoms with Crippen LogP contribution in [0.15, 0.2) is 46.8 Å². The van der Waals surface area contributed by atoms with Crippen LogP contribution >= 0.6 is 35.3 Å². The van der Waals surface area contributed by atoms with Gasteiger partial charge in [0.05, 0.1) is 6.54 Å². The summed E-state index contributed by atoms with van der Waals surface area (Å²) in [6.45, 7) is 5.40. The van der Waals surface area contributed by atoms with Crippen LogP contribution in [-0.2, 0) is 20.0 Å². The van der Waals surface area contributed by atoms with Gasteiger partial charge < -0.3 is 19.9 Å². The highest BCUT2D eigenvalue weighted by Crippen LogP contribution is 2.16. The van der Waals surface area contributed by atoms with Gasteiger partial charge in [0.25, 0.3) is 0 Å². The molecule has 1 unspecified atom stereocenters. The maximum atomic E-state index is 13.8. The van der Waals surface area contributed by atoms with Crippen LogP contribution in [0.4, 0.5) is 4.39 Å². The minimum atomic E-state index is -0.370. The second kappa shape index (κ2) is 12.6. The van der Waals surface area contributed by atoms with E-state index in [1.165, 1.54) is 10.9 Å². The number of thiophene rings is 1. The molecule has 0 amide bonds. The standard InChI is InChI=1S/C21H27FN6OS.HI/c1-15(29-19-9-5-4-8-18(19)22)13-24-21(23-11-10-17-7-6-12-30-17)25-14-20-27-26-16(2)28(20)3;/h4-9,12,15H,10-11,13-14H2,1-3H3,(H2,23,24,25);1H. The molecular formula is C21H28FIN6OS. The Morgan fingerprint density at radius 3 is 2.71 bits per heavy atom. The van der Waals surface area contributed by atoms with E-state index in [1.807, 2.05) is 31.5 Å². The molecule has 0 saturated heterocycles. The molecule has 2 N–H and O–H groups in total. The lowest BCUT2D eigenvalue weighted by Gasteiger charge is -2.18. The summed E-state index contributed by atoms with van der Waals surface area (Å²) >= 11 is 1.73. The van der Waals surface area contributed by atoms with Gasteiger partial charge in [0, 0.05) is 18.5 Å². The number of rotatable bonds is 9. The summed E-state index contributed by atoms with van der Waals surface area (Å²) < 4.78 is 21.4. The predicted molar refractivity (Wildman–Crippen MR) is 133 cm³/mol. The number of aromatic nitrogens is 3. The molecule has 0 aliphatic heterocycles. The minimum Gasteiger partial charge on any atom is -0.486 e. The van der Waals surface area contributed by atoms with Gasteiger partial charge in [-0.25, -0.2) is 9.38 Å². The molecule has 0 aliphatic carbocycles. The number of hydrogen-bond acceptors (Lipinski definition) is 5. The van der Waals surface area contributed by atoms with E-state index in [9.17, 15) is 4.39 Å². The Labute approximate surface area is 203 Å². The smallest absolute Gasteiger partial charge is 0.191 e. The van der Waals surface area contributed by atoms with Crippen molar-refractivity contribution in [3.63, 3.8) is 0 Å². The number of ether oxygens (including phenoxy) is 1. The van der Waals surface area contributed by atoms with Crippen molar-refractivity contribution in [2.24, 2.45) is 12.0 Å². The molecule has 2 aromatic heterocycles. The SMILES string of the molecule is Cc1nnc(CN=C(NCCc2cccs2)NCC(C)Oc2ccccc2F)n1C.I. The average Bonchev–Trinajstić information content (AvgIpc) is 3.36. The summed E-state index contributed by atoms with van der Waals surface area (Å²) in [5.41, 5.74) is 0. The molecular weight excluding hydrogens is 530 g/mol. The van der Waals surface area contributed by atoms with Crippen LogP contribution in [0, 0.1) is 12.7 Å². The summed E-state index contributed by atoms with van der Waals surface area (Å²) in [6.07, 6.45) is 0.658. The fraction of sp³-hybridized carbons (Fsp3) is 0.381. The lowest BCUT2D eigenvalue weighted by atomic mass is 10.3. The first-order chi connectivity index (χ1) is 14.5. The molecule has 1 atom stereocenters. The Hall–Kier alpha value is -2.21. The number of aliphatic imine (C=N–C) groups is 1. The van der Waals surface area contributed by atoms with Crippen LogP contribution in [-0.4, -0.2) is 39.9 Å². The van der Waals surface area contributed by atoms with E-state index < -0.39 is 0 Å². The average molecular weight is 558 g/mol. The minimum absolute atomic E-state index is 0. The Balaban J connectivity index is 0.00000341. The number of nitrogens with zero attached hydrogens (tertiary/aromatic N) is 4. The summed E-state index contributed by atoms with van der Waals surface area (Å²) in [4.78, 5) is 5.94. The van der Waals surface area contributed by atoms with Gasteiger partial charge in [-0.15, -0.1) is 45.5 Å². The molecule has 3 aromatic rings. The van der Waals surface area contributed by atoms with Gasteiger partial charge in [-0.2, -0.15) is 0 Å². The van der Waals surface area contributed by atoms with Crippen molar-refractivity contribution in [1.82, 2.24) is 25.4 Å². The van der Waals surface area contributed by atoms with Crippen LogP contribution in [0.5, 0.6) is 5.75 Å². The van der Waals surface area contributed by atoms with Crippen LogP contribution in [0.25, 0.3) is 0 Å². The Morgan fingerprint density at radius 1 is 1.23 bits per heavy atom. The molecule has 3 rings (SSSR count). The van der Waals surface area contributed by atoms with Crippen molar-refractivity contribution < 1.29 is 9.13 Å². The zero-order valence-corrected chi connectivity index (χ0v) is 21.0. The molecule has 7 nitrogen and oxygen atoms in total. The topological polar surface area (TPSA) is 76.4 Å². The second-order valence-electron chi connectivity index (χ2n) is 6.88. The summed E-state index contributed by atoms with van der Waals surface area (Å²) in [7, 11) is 1.92. The molecule has 0 fully saturated rings. The van der Waals surface area contributed by atoms with E-state index >= 15 is 0 Å². The highest BCUT2D eigenvalue weighted by Gasteiger charge is 2.10. The number of aryl methyl sites for hydroxylation is 1. The molecule has 168 valence electrons. The number of hydrogen-bond donors (Lipinski definition) is 2. The maximum Gasteiger partial charge on any atom is 0.191 e. The van der Waals surface area contributed by atoms with E-state index in [2.05, 4.69) is 37.3 Å². The van der Waals surface area contributed by atoms with Crippen LogP contribution in [0.1, 0.15) is 23.4 Å². The molecule has 1 aromatic carbocycles. The second-order valence-corrected chi connectivity index (χ2v) is 7.92. The molecule has 0 saturated carbocycles. The van der Waals surface area contributed by atoms with Gasteiger partial charge in [0.1, 0.15) is 18.5 Å². The summed E-state index contributed by atoms with van der Waals surface area (Å²) in [5.74, 6) is 2.14. The van der Waals surface area contributed by atoms with Gasteiger partial charge in [-0.3, -0.25) is 0 Å². The molecule has 0 bridgehead atoms. The van der Waals surface area contributed by atoms with Gasteiger partial charge >= 0.3 is 0 Å². The first kappa shape index (κ1) is 25.1. The Bertz CT molecular complexity index is 963. The van der Waals surface area contributed by atoms with Gasteiger partial charge in [-0.05, 0) is 43.8 Å². The van der Waals surface area contributed by atoms with Crippen LogP contribution in [0.2, 0.25) is 0 Å². The largest absolute Gasteiger partial charge is 0.486 e. The van der Waals surface area contributed by atoms with E-state index in [-0.39, 0.29) is 41.6 Å². The van der Waals surface area contributed by atoms with E-state index in [1.54, 1.807) is 29.5 Å². The lowest BCUT2D eigenvalue weighted by Crippen LogP contribution is -2.42. The van der Waals surface area contributed by atoms with Crippen LogP contribution < -0.4 is 15.4 Å². The first-order valence-corrected chi connectivity index (χ1v) is 10.7. The highest BCUT2D eigenvalue weighted by molar-refractivity contribution is 14.0. The van der Waals surface area contributed by atoms with Crippen molar-refractivity contribution in [3.8, 4) is 5.75 Å². The van der Waals surface area contributed by atoms with Crippen molar-refractivity contribution in [2.45, 2.75) is 32.9 Å². The normalized spacial score (nSPS) is 12.2. The summed E-state index contributed by atoms with van der Waals surface area (Å²) in [6, 6.07) is 10.6. The lowest BCUT2D eigenvalue weighted by molar-refractivity contribution is 0.214. The molecule has 10 heteroatoms. The maximum absolute atomic E-state index is 13.8. The third-order valence-corrected chi connectivity index (χ3v) is 5.46. The first-order valence-electron chi connectivity index (χ1n) is 9.83. The fourth-order valence-corrected chi connectivity index (χ4v) is 3.42. The zero-order valence-electron chi connectivity index (χ0n) is 17.8. The number of guanidine groups is 1. The molecule has 0 radical (unpaired) electrons. The van der Waals surface area contributed by atoms with Gasteiger partial charge in [0.15, 0.2) is 23.4 Å². The number of halogens is 2. The third kappa shape index (κ3) is 7.76. The number of benzene rings is 1. The number of para-hydroxylation sites is 1. The molecule has 31 heavy (non-hydrogen) atoms. The zero-order chi connectivity index (χ0) is 21.3. The van der Waals surface area contributed by atoms with Crippen molar-refractivity contribution in [1.29, 1.82) is 0 Å². The third-order valence-electron chi connectivity index (χ3n) is 4.53. The van der Waals surface area contributed by atoms with E-state index in [0.29, 0.717) is 19.0 Å². The van der Waals surface area contributed by atoms with Gasteiger partial charge in [0.2, 0.25) is 0 Å². The highest BCUT2D eigenvalue weighted by atomic mass is 127. The Morgan fingerprint density at radius 2 is 2.03 bits per heavy atom. The van der Waals surface area contributed by atoms with E-state index in [0.717, 1.165) is 24.6 Å². The molecule has 2 heterocycles. The van der Waals surface area contributed by atoms with Crippen molar-refractivity contribution in [2.75, 3.05) is 13.1 Å². The monoisotopic (exact) mass is 558 g/mol. The predicted octanol–water partition coefficient (Wildman–Crippen LogP) is 3.69. The van der Waals surface area contributed by atoms with Gasteiger partial charge in [-0.1, -0.05) is 18.2 Å². The van der Waals surface area contributed by atoms with Crippen molar-refractivity contribution in [3.05, 3.63) is 64.1 Å². The van der Waals surface area contributed by atoms with E-state index in [4.69, 9.17) is 4.74 Å². The summed E-state index contributed by atoms with van der Waals surface area (Å²) in [5, 5.41) is 16.9. The van der Waals surface area contributed by atoms with Crippen LogP contribution in [0.3, 0.4) is 0 Å². The molecule has 0 aliphatic rings.